The van der Waals surface area contributed by atoms with Crippen LogP contribution in [0.1, 0.15) is 249 Å². The number of allylic oxidation sites excluding steroid dienone is 6. The standard InChI is InChI=1S/C82H40O/c1-3-4-5-16-83-20-12-10-19(11-13-20)22-15-14-21(18-8-6-17(2)7-9-18)81-77-69-61-51-41-33-25-23-24-27-31-29(25)37-45-39(31)49-43-35(27)36-28(24)32-30-26(23)34(33)42-48-38(30)46-40(32)50-44(36)54-53(43)63-57(49)67-59(45)65(55(61)47(37)41)73(77)75(67)79-71(63)72-64(54)58(50)68-60(46)66-56(48)62(52(42)51)70(69)78(81)74(66)76(68)80(72)82(22,79)81/h6-15,23-25,29,37,40,47,50,55,58,65,68,73,76-77,80H,3-5,16H2,1-2H3. The van der Waals surface area contributed by atoms with E-state index in [1.165, 1.54) is 29.5 Å². The molecule has 0 amide bonds. The molecule has 18 atom stereocenters. The molecule has 2 spiro atoms. The van der Waals surface area contributed by atoms with Gasteiger partial charge in [0.1, 0.15) is 5.75 Å². The van der Waals surface area contributed by atoms with Gasteiger partial charge in [0, 0.05) is 70.0 Å². The highest BCUT2D eigenvalue weighted by Gasteiger charge is 2.86. The number of aryl methyl sites for hydroxylation is 1. The van der Waals surface area contributed by atoms with E-state index in [-0.39, 0.29) is 10.8 Å². The average Bonchev–Trinajstić information content (AvgIpc) is 1.39. The highest BCUT2D eigenvalue weighted by molar-refractivity contribution is 6.54. The molecule has 83 heavy (non-hydrogen) atoms. The maximum Gasteiger partial charge on any atom is 0.119 e. The molecule has 0 bridgehead atoms. The number of ether oxygens (including phenoxy) is 1. The molecular formula is C82H40O. The molecule has 14 aromatic carbocycles. The molecular weight excluding hydrogens is 1000 g/mol. The molecule has 0 radical (unpaired) electrons. The Morgan fingerprint density at radius 1 is 0.337 bits per heavy atom. The minimum absolute atomic E-state index is 0.294. The van der Waals surface area contributed by atoms with Crippen molar-refractivity contribution in [1.82, 2.24) is 0 Å². The van der Waals surface area contributed by atoms with Gasteiger partial charge in [-0.15, -0.1) is 0 Å². The molecule has 1 nitrogen and oxygen atoms in total. The number of hydrogen-bond donors (Lipinski definition) is 0. The van der Waals surface area contributed by atoms with Gasteiger partial charge in [0.25, 0.3) is 0 Å². The van der Waals surface area contributed by atoms with Gasteiger partial charge in [0.2, 0.25) is 0 Å². The second-order valence-electron chi connectivity index (χ2n) is 32.4. The Kier molecular flexibility index (Phi) is 3.81. The van der Waals surface area contributed by atoms with Crippen molar-refractivity contribution in [3.05, 3.63) is 189 Å². The lowest BCUT2D eigenvalue weighted by Gasteiger charge is -2.68. The smallest absolute Gasteiger partial charge is 0.119 e. The molecule has 35 rings (SSSR count). The number of hydrogen-bond acceptors (Lipinski definition) is 1. The zero-order valence-electron chi connectivity index (χ0n) is 45.2. The zero-order chi connectivity index (χ0) is 50.6. The Hall–Kier alpha value is -7.74. The molecule has 374 valence electrons. The molecule has 0 saturated heterocycles. The van der Waals surface area contributed by atoms with Crippen LogP contribution in [0, 0.1) is 6.92 Å². The zero-order valence-corrected chi connectivity index (χ0v) is 45.2. The lowest BCUT2D eigenvalue weighted by atomic mass is 9.32. The fraction of sp³-hybridized carbons (Fsp3) is 0.293. The molecule has 18 unspecified atom stereocenters. The highest BCUT2D eigenvalue weighted by Crippen LogP contribution is 2.99. The van der Waals surface area contributed by atoms with Crippen LogP contribution in [0.4, 0.5) is 0 Å². The van der Waals surface area contributed by atoms with Crippen LogP contribution in [0.15, 0.2) is 60.7 Å². The van der Waals surface area contributed by atoms with E-state index in [0.717, 1.165) is 18.8 Å². The van der Waals surface area contributed by atoms with Crippen LogP contribution in [-0.4, -0.2) is 6.61 Å². The van der Waals surface area contributed by atoms with Crippen LogP contribution >= 0.6 is 0 Å². The summed E-state index contributed by atoms with van der Waals surface area (Å²) in [6, 6.07) is 20.3. The van der Waals surface area contributed by atoms with Gasteiger partial charge in [-0.2, -0.15) is 0 Å². The van der Waals surface area contributed by atoms with Crippen LogP contribution in [0.3, 0.4) is 0 Å². The summed E-state index contributed by atoms with van der Waals surface area (Å²) in [6.45, 7) is 5.44. The van der Waals surface area contributed by atoms with E-state index in [1.807, 2.05) is 225 Å². The predicted octanol–water partition coefficient (Wildman–Crippen LogP) is 18.9. The van der Waals surface area contributed by atoms with E-state index in [9.17, 15) is 0 Å². The Labute approximate surface area is 471 Å². The van der Waals surface area contributed by atoms with Gasteiger partial charge < -0.3 is 4.74 Å². The maximum atomic E-state index is 6.69. The Morgan fingerprint density at radius 3 is 1.18 bits per heavy atom. The van der Waals surface area contributed by atoms with E-state index in [0.29, 0.717) is 94.7 Å². The fourth-order valence-electron chi connectivity index (χ4n) is 32.7. The molecule has 0 N–H and O–H groups in total. The lowest BCUT2D eigenvalue weighted by Crippen LogP contribution is -2.63. The van der Waals surface area contributed by atoms with E-state index >= 15 is 0 Å². The molecule has 0 aliphatic heterocycles. The van der Waals surface area contributed by atoms with E-state index in [4.69, 9.17) is 4.74 Å². The molecule has 0 fully saturated rings. The third-order valence-electron chi connectivity index (χ3n) is 32.3. The molecule has 21 aliphatic carbocycles. The van der Waals surface area contributed by atoms with Crippen molar-refractivity contribution in [2.75, 3.05) is 6.61 Å². The van der Waals surface area contributed by atoms with Gasteiger partial charge in [-0.05, 0) is 313 Å². The average molecular weight is 1040 g/mol. The van der Waals surface area contributed by atoms with Gasteiger partial charge in [0.05, 0.1) is 6.61 Å². The van der Waals surface area contributed by atoms with Crippen LogP contribution in [0.5, 0.6) is 5.75 Å². The molecule has 14 aromatic rings. The third kappa shape index (κ3) is 2.24. The van der Waals surface area contributed by atoms with Crippen molar-refractivity contribution in [3.8, 4) is 5.75 Å². The third-order valence-corrected chi connectivity index (χ3v) is 32.3. The summed E-state index contributed by atoms with van der Waals surface area (Å²) < 4.78 is 6.69. The minimum atomic E-state index is -0.305. The van der Waals surface area contributed by atoms with Crippen molar-refractivity contribution in [2.45, 2.75) is 139 Å². The van der Waals surface area contributed by atoms with Gasteiger partial charge in [-0.1, -0.05) is 73.9 Å². The second kappa shape index (κ2) is 8.93. The summed E-state index contributed by atoms with van der Waals surface area (Å²) in [7, 11) is 0. The fourth-order valence-corrected chi connectivity index (χ4v) is 32.7. The summed E-state index contributed by atoms with van der Waals surface area (Å²) in [5.41, 5.74) is 49.6. The largest absolute Gasteiger partial charge is 0.494 e. The first kappa shape index (κ1) is 35.4. The van der Waals surface area contributed by atoms with Crippen LogP contribution in [-0.2, 0) is 10.8 Å². The molecule has 21 aliphatic rings. The van der Waals surface area contributed by atoms with Crippen molar-refractivity contribution in [2.24, 2.45) is 0 Å². The van der Waals surface area contributed by atoms with Gasteiger partial charge >= 0.3 is 0 Å². The van der Waals surface area contributed by atoms with Crippen LogP contribution in [0.2, 0.25) is 0 Å². The Bertz CT molecular complexity index is 6500. The van der Waals surface area contributed by atoms with Crippen LogP contribution in [0.25, 0.3) is 130 Å². The van der Waals surface area contributed by atoms with Crippen molar-refractivity contribution >= 4 is 130 Å². The molecule has 1 heteroatoms. The highest BCUT2D eigenvalue weighted by atomic mass is 16.5. The lowest BCUT2D eigenvalue weighted by molar-refractivity contribution is 0.143. The van der Waals surface area contributed by atoms with E-state index in [2.05, 4.69) is 74.5 Å². The quantitative estimate of drug-likeness (QED) is 0.114. The minimum Gasteiger partial charge on any atom is -0.494 e. The molecule has 0 aromatic heterocycles. The van der Waals surface area contributed by atoms with Crippen molar-refractivity contribution in [1.29, 1.82) is 0 Å². The van der Waals surface area contributed by atoms with Gasteiger partial charge in [0.15, 0.2) is 0 Å². The van der Waals surface area contributed by atoms with Gasteiger partial charge in [-0.25, -0.2) is 0 Å². The van der Waals surface area contributed by atoms with Crippen molar-refractivity contribution < 1.29 is 4.74 Å². The van der Waals surface area contributed by atoms with Crippen LogP contribution < -0.4 is 4.74 Å². The Morgan fingerprint density at radius 2 is 0.711 bits per heavy atom. The summed E-state index contributed by atoms with van der Waals surface area (Å²) in [5, 5.41) is 36.8. The first-order valence-corrected chi connectivity index (χ1v) is 33.2. The summed E-state index contributed by atoms with van der Waals surface area (Å²) in [6.07, 6.45) is 9.21. The van der Waals surface area contributed by atoms with E-state index in [1.54, 1.807) is 16.5 Å². The summed E-state index contributed by atoms with van der Waals surface area (Å²) in [5.74, 6) is 9.35. The summed E-state index contributed by atoms with van der Waals surface area (Å²) in [4.78, 5) is 0. The first-order chi connectivity index (χ1) is 41.3. The molecule has 0 saturated carbocycles. The van der Waals surface area contributed by atoms with E-state index < -0.39 is 0 Å². The van der Waals surface area contributed by atoms with Gasteiger partial charge in [-0.3, -0.25) is 0 Å². The summed E-state index contributed by atoms with van der Waals surface area (Å²) >= 11 is 0. The first-order valence-electron chi connectivity index (χ1n) is 33.2. The Balaban J connectivity index is 0.918. The topological polar surface area (TPSA) is 9.23 Å². The number of unbranched alkanes of at least 4 members (excludes halogenated alkanes) is 2. The SMILES string of the molecule is CCCCCOc1ccc(C2=CC=C(c3ccc(C)cc3)C34c5c6c7c8c9c%10c%11c%12c%13c%14c%15c%16c%17c(c5c5c%16c%13c%10c75)C3C3c5c7c%10c%13c%16c%18c%19c%20c%21c%22c%23c%24c%25c(c5c5c%24c%21c%18c%105)C3C%17C%15C%25C%23C%14C%12C%22C%20=C%11C9C%19C%16C8C6C%13C274)cc1. The maximum absolute atomic E-state index is 6.69. The second-order valence-corrected chi connectivity index (χ2v) is 32.4. The van der Waals surface area contributed by atoms with Crippen molar-refractivity contribution in [3.63, 3.8) is 0 Å². The predicted molar refractivity (Wildman–Crippen MR) is 328 cm³/mol. The number of benzene rings is 12. The monoisotopic (exact) mass is 1040 g/mol. The normalized spacial score (nSPS) is 38.6. The molecule has 0 heterocycles. The number of rotatable bonds is 7.